The van der Waals surface area contributed by atoms with E-state index in [0.717, 1.165) is 0 Å². The van der Waals surface area contributed by atoms with Crippen LogP contribution < -0.4 is 10.7 Å². The van der Waals surface area contributed by atoms with Crippen molar-refractivity contribution in [2.75, 3.05) is 0 Å². The first-order valence-electron chi connectivity index (χ1n) is 2.65. The van der Waals surface area contributed by atoms with Gasteiger partial charge < -0.3 is 15.0 Å². The third-order valence-electron chi connectivity index (χ3n) is 0.986. The quantitative estimate of drug-likeness (QED) is 0.499. The van der Waals surface area contributed by atoms with E-state index >= 15 is 0 Å². The molecule has 0 unspecified atom stereocenters. The van der Waals surface area contributed by atoms with Gasteiger partial charge in [0, 0.05) is 24.2 Å². The zero-order valence-electron chi connectivity index (χ0n) is 5.01. The summed E-state index contributed by atoms with van der Waals surface area (Å²) >= 11 is 0. The number of carboxylic acid groups (broad SMARTS) is 1. The van der Waals surface area contributed by atoms with Gasteiger partial charge in [-0.2, -0.15) is 0 Å². The van der Waals surface area contributed by atoms with Gasteiger partial charge in [0.1, 0.15) is 0 Å². The Labute approximate surface area is 55.7 Å². The fraction of sp³-hybridized carbons (Fsp3) is 0.200. The maximum Gasteiger partial charge on any atom is 0.264 e. The minimum Gasteiger partial charge on any atom is -0.550 e. The zero-order valence-corrected chi connectivity index (χ0v) is 5.01. The summed E-state index contributed by atoms with van der Waals surface area (Å²) < 4.78 is 0. The molecule has 0 saturated heterocycles. The smallest absolute Gasteiger partial charge is 0.264 e. The topological polar surface area (TPSA) is 88.8 Å². The average molecular weight is 141 g/mol. The second-order valence-electron chi connectivity index (χ2n) is 1.83. The predicted octanol–water partition coefficient (Wildman–Crippen LogP) is -2.00. The summed E-state index contributed by atoms with van der Waals surface area (Å²) in [7, 11) is 0. The van der Waals surface area contributed by atoms with Gasteiger partial charge in [-0.25, -0.2) is 0 Å². The van der Waals surface area contributed by atoms with E-state index in [-0.39, 0.29) is 12.0 Å². The molecule has 0 aromatic carbocycles. The largest absolute Gasteiger partial charge is 0.550 e. The fourth-order valence-corrected chi connectivity index (χ4v) is 0.623. The molecule has 2 N–H and O–H groups in total. The molecule has 1 rings (SSSR count). The van der Waals surface area contributed by atoms with Crippen LogP contribution in [0.5, 0.6) is 0 Å². The first kappa shape index (κ1) is 6.60. The van der Waals surface area contributed by atoms with Crippen molar-refractivity contribution in [3.05, 3.63) is 22.1 Å². The molecule has 0 aliphatic carbocycles. The number of carbonyl (C=O) groups is 1. The Morgan fingerprint density at radius 3 is 2.70 bits per heavy atom. The molecule has 0 radical (unpaired) electrons. The molecular formula is C5H5N2O3-. The third kappa shape index (κ3) is 1.48. The molecule has 1 heterocycles. The van der Waals surface area contributed by atoms with Crippen LogP contribution in [0, 0.1) is 0 Å². The van der Waals surface area contributed by atoms with Crippen LogP contribution in [0.25, 0.3) is 0 Å². The lowest BCUT2D eigenvalue weighted by Crippen LogP contribution is -2.24. The Hall–Kier alpha value is -1.52. The summed E-state index contributed by atoms with van der Waals surface area (Å²) in [4.78, 5) is 20.3. The molecule has 0 aliphatic heterocycles. The van der Waals surface area contributed by atoms with Crippen LogP contribution in [-0.2, 0) is 11.2 Å². The van der Waals surface area contributed by atoms with E-state index < -0.39 is 5.97 Å². The number of H-pyrrole nitrogens is 2. The van der Waals surface area contributed by atoms with Gasteiger partial charge in [0.15, 0.2) is 0 Å². The molecule has 1 aromatic rings. The van der Waals surface area contributed by atoms with Gasteiger partial charge in [-0.1, -0.05) is 0 Å². The fourth-order valence-electron chi connectivity index (χ4n) is 0.623. The summed E-state index contributed by atoms with van der Waals surface area (Å²) in [6.45, 7) is 0. The average Bonchev–Trinajstić information content (AvgIpc) is 2.13. The molecule has 0 amide bonds. The standard InChI is InChI=1S/C5H6N2O3/c8-4-1-3(6-7-4)2-5(9)10/h1H,2H2,(H,9,10)(H2,6,7,8)/p-1. The normalized spacial score (nSPS) is 9.60. The van der Waals surface area contributed by atoms with Crippen LogP contribution in [0.15, 0.2) is 10.9 Å². The molecule has 0 aliphatic rings. The minimum absolute atomic E-state index is 0.265. The highest BCUT2D eigenvalue weighted by Gasteiger charge is 1.94. The zero-order chi connectivity index (χ0) is 7.56. The third-order valence-corrected chi connectivity index (χ3v) is 0.986. The van der Waals surface area contributed by atoms with Crippen LogP contribution in [0.3, 0.4) is 0 Å². The van der Waals surface area contributed by atoms with Gasteiger partial charge in [-0.15, -0.1) is 0 Å². The Bertz CT molecular complexity index is 285. The van der Waals surface area contributed by atoms with Gasteiger partial charge in [0.25, 0.3) is 5.56 Å². The highest BCUT2D eigenvalue weighted by molar-refractivity contribution is 5.67. The SMILES string of the molecule is O=C([O-])Cc1cc(=O)[nH][nH]1. The molecule has 0 saturated carbocycles. The van der Waals surface area contributed by atoms with E-state index in [1.807, 2.05) is 0 Å². The van der Waals surface area contributed by atoms with E-state index in [1.165, 1.54) is 6.07 Å². The summed E-state index contributed by atoms with van der Waals surface area (Å²) in [6, 6.07) is 1.18. The van der Waals surface area contributed by atoms with Crippen molar-refractivity contribution in [3.63, 3.8) is 0 Å². The molecule has 54 valence electrons. The van der Waals surface area contributed by atoms with E-state index in [4.69, 9.17) is 0 Å². The van der Waals surface area contributed by atoms with Crippen LogP contribution >= 0.6 is 0 Å². The summed E-state index contributed by atoms with van der Waals surface area (Å²) in [5.41, 5.74) is -0.0127. The maximum absolute atomic E-state index is 10.4. The van der Waals surface area contributed by atoms with Crippen LogP contribution in [0.2, 0.25) is 0 Å². The number of hydrogen-bond acceptors (Lipinski definition) is 3. The Kier molecular flexibility index (Phi) is 1.57. The second-order valence-corrected chi connectivity index (χ2v) is 1.83. The Balaban J connectivity index is 2.76. The molecule has 5 heteroatoms. The van der Waals surface area contributed by atoms with Crippen molar-refractivity contribution in [2.45, 2.75) is 6.42 Å². The highest BCUT2D eigenvalue weighted by atomic mass is 16.4. The highest BCUT2D eigenvalue weighted by Crippen LogP contribution is 1.85. The van der Waals surface area contributed by atoms with E-state index in [0.29, 0.717) is 5.69 Å². The van der Waals surface area contributed by atoms with Gasteiger partial charge in [-0.3, -0.25) is 9.89 Å². The Morgan fingerprint density at radius 2 is 2.30 bits per heavy atom. The van der Waals surface area contributed by atoms with E-state index in [2.05, 4.69) is 10.2 Å². The molecule has 5 nitrogen and oxygen atoms in total. The summed E-state index contributed by atoms with van der Waals surface area (Å²) in [6.07, 6.45) is -0.265. The van der Waals surface area contributed by atoms with Crippen molar-refractivity contribution < 1.29 is 9.90 Å². The van der Waals surface area contributed by atoms with E-state index in [9.17, 15) is 14.7 Å². The first-order valence-corrected chi connectivity index (χ1v) is 2.65. The lowest BCUT2D eigenvalue weighted by atomic mass is 10.3. The molecule has 0 fully saturated rings. The lowest BCUT2D eigenvalue weighted by Gasteiger charge is -1.95. The number of aromatic nitrogens is 2. The number of hydrogen-bond donors (Lipinski definition) is 2. The summed E-state index contributed by atoms with van der Waals surface area (Å²) in [5.74, 6) is -1.21. The second kappa shape index (κ2) is 2.38. The van der Waals surface area contributed by atoms with Gasteiger partial charge >= 0.3 is 0 Å². The van der Waals surface area contributed by atoms with Crippen molar-refractivity contribution >= 4 is 5.97 Å². The first-order chi connectivity index (χ1) is 4.68. The molecule has 1 aromatic heterocycles. The van der Waals surface area contributed by atoms with E-state index in [1.54, 1.807) is 0 Å². The molecular weight excluding hydrogens is 136 g/mol. The number of carboxylic acids is 1. The number of rotatable bonds is 2. The predicted molar refractivity (Wildman–Crippen MR) is 30.1 cm³/mol. The number of aromatic amines is 2. The van der Waals surface area contributed by atoms with Gasteiger partial charge in [0.05, 0.1) is 0 Å². The van der Waals surface area contributed by atoms with Crippen molar-refractivity contribution in [1.29, 1.82) is 0 Å². The molecule has 0 spiro atoms. The molecule has 10 heavy (non-hydrogen) atoms. The van der Waals surface area contributed by atoms with Crippen molar-refractivity contribution in [2.24, 2.45) is 0 Å². The molecule has 0 bridgehead atoms. The van der Waals surface area contributed by atoms with Crippen LogP contribution in [0.1, 0.15) is 5.69 Å². The van der Waals surface area contributed by atoms with Gasteiger partial charge in [-0.05, 0) is 0 Å². The van der Waals surface area contributed by atoms with Gasteiger partial charge in [0.2, 0.25) is 0 Å². The number of aliphatic carboxylic acids is 1. The molecule has 0 atom stereocenters. The number of carbonyl (C=O) groups excluding carboxylic acids is 1. The number of nitrogens with one attached hydrogen (secondary N) is 2. The van der Waals surface area contributed by atoms with Crippen LogP contribution in [-0.4, -0.2) is 16.2 Å². The maximum atomic E-state index is 10.4. The Morgan fingerprint density at radius 1 is 1.60 bits per heavy atom. The minimum atomic E-state index is -1.21. The van der Waals surface area contributed by atoms with Crippen molar-refractivity contribution in [3.8, 4) is 0 Å². The van der Waals surface area contributed by atoms with Crippen LogP contribution in [0.4, 0.5) is 0 Å². The monoisotopic (exact) mass is 141 g/mol. The van der Waals surface area contributed by atoms with Crippen molar-refractivity contribution in [1.82, 2.24) is 10.2 Å². The summed E-state index contributed by atoms with van der Waals surface area (Å²) in [5, 5.41) is 14.5. The lowest BCUT2D eigenvalue weighted by molar-refractivity contribution is -0.304.